The summed E-state index contributed by atoms with van der Waals surface area (Å²) in [5.41, 5.74) is 0. The first kappa shape index (κ1) is 7.49. The fraction of sp³-hybridized carbons (Fsp3) is 1.00. The lowest BCUT2D eigenvalue weighted by molar-refractivity contribution is 1.49. The van der Waals surface area contributed by atoms with Gasteiger partial charge in [0, 0.05) is 0 Å². The van der Waals surface area contributed by atoms with E-state index in [-0.39, 0.29) is 0 Å². The third-order valence-corrected chi connectivity index (χ3v) is 3.44. The highest BCUT2D eigenvalue weighted by atomic mass is 31.1. The van der Waals surface area contributed by atoms with Crippen LogP contribution in [0.1, 0.15) is 6.92 Å². The largest absolute Gasteiger partial charge is 0.122 e. The van der Waals surface area contributed by atoms with Crippen LogP contribution in [-0.4, -0.2) is 26.2 Å². The van der Waals surface area contributed by atoms with Crippen molar-refractivity contribution >= 4 is 15.2 Å². The van der Waals surface area contributed by atoms with Crippen molar-refractivity contribution in [3.63, 3.8) is 0 Å². The van der Waals surface area contributed by atoms with E-state index in [4.69, 9.17) is 0 Å². The van der Waals surface area contributed by atoms with Crippen molar-refractivity contribution < 1.29 is 0 Å². The molecule has 0 saturated heterocycles. The molecule has 0 radical (unpaired) electrons. The number of rotatable bonds is 3. The van der Waals surface area contributed by atoms with E-state index < -0.39 is 0 Å². The van der Waals surface area contributed by atoms with E-state index in [1.807, 2.05) is 0 Å². The van der Waals surface area contributed by atoms with Crippen LogP contribution < -0.4 is 0 Å². The average molecular weight is 116 g/mol. The standard InChI is InChI=1S/C5H14BP/c1-4-7(3)5-6-2/h6H,4-5H2,1-3H3. The Morgan fingerprint density at radius 1 is 1.57 bits per heavy atom. The molecule has 0 heterocycles. The van der Waals surface area contributed by atoms with Gasteiger partial charge in [-0.1, -0.05) is 19.8 Å². The van der Waals surface area contributed by atoms with E-state index in [9.17, 15) is 0 Å². The molecule has 0 N–H and O–H groups in total. The van der Waals surface area contributed by atoms with Crippen LogP contribution in [0, 0.1) is 0 Å². The van der Waals surface area contributed by atoms with E-state index in [1.54, 1.807) is 0 Å². The van der Waals surface area contributed by atoms with Crippen LogP contribution in [0.4, 0.5) is 0 Å². The molecule has 1 atom stereocenters. The van der Waals surface area contributed by atoms with E-state index in [0.29, 0.717) is 7.92 Å². The molecule has 0 bridgehead atoms. The lowest BCUT2D eigenvalue weighted by Gasteiger charge is -2.03. The molecule has 0 saturated carbocycles. The van der Waals surface area contributed by atoms with Crippen LogP contribution in [0.15, 0.2) is 0 Å². The molecule has 0 aliphatic heterocycles. The first-order valence-electron chi connectivity index (χ1n) is 2.99. The van der Waals surface area contributed by atoms with Crippen LogP contribution in [0.3, 0.4) is 0 Å². The van der Waals surface area contributed by atoms with Gasteiger partial charge in [-0.15, -0.1) is 7.92 Å². The summed E-state index contributed by atoms with van der Waals surface area (Å²) in [6.07, 6.45) is 1.41. The Hall–Kier alpha value is 0.495. The van der Waals surface area contributed by atoms with Gasteiger partial charge in [0.25, 0.3) is 0 Å². The summed E-state index contributed by atoms with van der Waals surface area (Å²) in [6, 6.07) is 1.46. The molecule has 0 aromatic carbocycles. The fourth-order valence-electron chi connectivity index (χ4n) is 0.540. The van der Waals surface area contributed by atoms with Crippen molar-refractivity contribution in [2.75, 3.05) is 18.9 Å². The highest BCUT2D eigenvalue weighted by molar-refractivity contribution is 7.58. The van der Waals surface area contributed by atoms with Gasteiger partial charge in [0.15, 0.2) is 0 Å². The van der Waals surface area contributed by atoms with Gasteiger partial charge in [-0.2, -0.15) is 0 Å². The Morgan fingerprint density at radius 3 is 2.29 bits per heavy atom. The van der Waals surface area contributed by atoms with Crippen molar-refractivity contribution in [2.45, 2.75) is 13.7 Å². The minimum Gasteiger partial charge on any atom is -0.118 e. The van der Waals surface area contributed by atoms with Crippen LogP contribution in [0.2, 0.25) is 6.82 Å². The highest BCUT2D eigenvalue weighted by Gasteiger charge is 1.92. The van der Waals surface area contributed by atoms with E-state index >= 15 is 0 Å². The minimum atomic E-state index is 0.422. The van der Waals surface area contributed by atoms with Crippen molar-refractivity contribution in [1.29, 1.82) is 0 Å². The zero-order valence-electron chi connectivity index (χ0n) is 5.57. The molecule has 0 amide bonds. The molecule has 0 rings (SSSR count). The zero-order valence-corrected chi connectivity index (χ0v) is 6.46. The summed E-state index contributed by atoms with van der Waals surface area (Å²) in [4.78, 5) is 0. The fourth-order valence-corrected chi connectivity index (χ4v) is 1.62. The van der Waals surface area contributed by atoms with Crippen LogP contribution in [0.25, 0.3) is 0 Å². The van der Waals surface area contributed by atoms with Crippen LogP contribution in [-0.2, 0) is 0 Å². The maximum absolute atomic E-state index is 2.37. The summed E-state index contributed by atoms with van der Waals surface area (Å²) in [7, 11) is 1.79. The molecule has 0 nitrogen and oxygen atoms in total. The Bertz CT molecular complexity index is 39.1. The third kappa shape index (κ3) is 4.35. The molecule has 42 valence electrons. The predicted molar refractivity (Wildman–Crippen MR) is 41.3 cm³/mol. The Labute approximate surface area is 48.7 Å². The number of hydrogen-bond acceptors (Lipinski definition) is 0. The van der Waals surface area contributed by atoms with Gasteiger partial charge in [0.2, 0.25) is 0 Å². The predicted octanol–water partition coefficient (Wildman–Crippen LogP) is 1.56. The van der Waals surface area contributed by atoms with E-state index in [2.05, 4.69) is 20.4 Å². The normalized spacial score (nSPS) is 13.6. The molecule has 0 aliphatic rings. The zero-order chi connectivity index (χ0) is 5.70. The summed E-state index contributed by atoms with van der Waals surface area (Å²) >= 11 is 0. The maximum Gasteiger partial charge on any atom is 0.122 e. The van der Waals surface area contributed by atoms with Gasteiger partial charge in [0.1, 0.15) is 7.28 Å². The van der Waals surface area contributed by atoms with Gasteiger partial charge in [0.05, 0.1) is 0 Å². The molecular weight excluding hydrogens is 102 g/mol. The molecule has 7 heavy (non-hydrogen) atoms. The van der Waals surface area contributed by atoms with E-state index in [0.717, 1.165) is 0 Å². The van der Waals surface area contributed by atoms with Crippen molar-refractivity contribution in [3.05, 3.63) is 0 Å². The molecule has 0 aromatic heterocycles. The smallest absolute Gasteiger partial charge is 0.118 e. The van der Waals surface area contributed by atoms with Crippen molar-refractivity contribution in [2.24, 2.45) is 0 Å². The Balaban J connectivity index is 2.83. The lowest BCUT2D eigenvalue weighted by atomic mass is 9.87. The second kappa shape index (κ2) is 4.65. The minimum absolute atomic E-state index is 0.422. The molecule has 0 spiro atoms. The van der Waals surface area contributed by atoms with Crippen molar-refractivity contribution in [3.8, 4) is 0 Å². The highest BCUT2D eigenvalue weighted by Crippen LogP contribution is 2.27. The molecular formula is C5H14BP. The second-order valence-electron chi connectivity index (χ2n) is 1.90. The average Bonchev–Trinajstić information content (AvgIpc) is 1.68. The summed E-state index contributed by atoms with van der Waals surface area (Å²) in [5, 5.41) is 0. The van der Waals surface area contributed by atoms with Gasteiger partial charge in [-0.05, 0) is 12.8 Å². The number of hydrogen-bond donors (Lipinski definition) is 0. The third-order valence-electron chi connectivity index (χ3n) is 1.15. The Morgan fingerprint density at radius 2 is 2.14 bits per heavy atom. The van der Waals surface area contributed by atoms with Gasteiger partial charge in [-0.25, -0.2) is 0 Å². The summed E-state index contributed by atoms with van der Waals surface area (Å²) in [5.74, 6) is 0. The molecule has 2 heteroatoms. The lowest BCUT2D eigenvalue weighted by Crippen LogP contribution is -1.90. The molecule has 0 fully saturated rings. The van der Waals surface area contributed by atoms with Crippen LogP contribution >= 0.6 is 7.92 Å². The van der Waals surface area contributed by atoms with Gasteiger partial charge < -0.3 is 0 Å². The first-order valence-corrected chi connectivity index (χ1v) is 5.15. The molecule has 0 aliphatic carbocycles. The summed E-state index contributed by atoms with van der Waals surface area (Å²) in [6.45, 7) is 6.91. The Kier molecular flexibility index (Phi) is 4.98. The second-order valence-corrected chi connectivity index (χ2v) is 4.69. The monoisotopic (exact) mass is 116 g/mol. The first-order chi connectivity index (χ1) is 3.31. The van der Waals surface area contributed by atoms with Crippen molar-refractivity contribution in [1.82, 2.24) is 0 Å². The van der Waals surface area contributed by atoms with Gasteiger partial charge in [-0.3, -0.25) is 0 Å². The quantitative estimate of drug-likeness (QED) is 0.387. The van der Waals surface area contributed by atoms with Gasteiger partial charge >= 0.3 is 0 Å². The maximum atomic E-state index is 2.37. The van der Waals surface area contributed by atoms with Crippen LogP contribution in [0.5, 0.6) is 0 Å². The molecule has 1 unspecified atom stereocenters. The summed E-state index contributed by atoms with van der Waals surface area (Å²) < 4.78 is 0. The van der Waals surface area contributed by atoms with E-state index in [1.165, 1.54) is 19.5 Å². The topological polar surface area (TPSA) is 0 Å². The molecule has 0 aromatic rings. The SMILES string of the molecule is CBCP(C)CC.